The van der Waals surface area contributed by atoms with Crippen LogP contribution >= 0.6 is 0 Å². The Labute approximate surface area is 159 Å². The highest BCUT2D eigenvalue weighted by Gasteiger charge is 2.41. The van der Waals surface area contributed by atoms with Crippen molar-refractivity contribution in [1.82, 2.24) is 15.1 Å². The van der Waals surface area contributed by atoms with Gasteiger partial charge in [0.1, 0.15) is 0 Å². The molecule has 2 aromatic rings. The predicted molar refractivity (Wildman–Crippen MR) is 103 cm³/mol. The Morgan fingerprint density at radius 2 is 1.85 bits per heavy atom. The topological polar surface area (TPSA) is 84.2 Å². The zero-order chi connectivity index (χ0) is 19.8. The molecule has 27 heavy (non-hydrogen) atoms. The lowest BCUT2D eigenvalue weighted by Gasteiger charge is -2.29. The fourth-order valence-electron chi connectivity index (χ4n) is 3.39. The Hall–Kier alpha value is -2.63. The molecule has 1 saturated carbocycles. The van der Waals surface area contributed by atoms with E-state index in [2.05, 4.69) is 10.4 Å². The molecule has 1 aliphatic carbocycles. The van der Waals surface area contributed by atoms with Gasteiger partial charge in [-0.15, -0.1) is 0 Å². The maximum Gasteiger partial charge on any atom is 0.334 e. The van der Waals surface area contributed by atoms with Gasteiger partial charge in [0, 0.05) is 11.6 Å². The highest BCUT2D eigenvalue weighted by Crippen LogP contribution is 2.41. The van der Waals surface area contributed by atoms with Crippen LogP contribution in [0.2, 0.25) is 0 Å². The summed E-state index contributed by atoms with van der Waals surface area (Å²) in [6.45, 7) is 7.89. The van der Waals surface area contributed by atoms with Gasteiger partial charge in [-0.05, 0) is 51.7 Å². The second-order valence-corrected chi connectivity index (χ2v) is 8.20. The van der Waals surface area contributed by atoms with Gasteiger partial charge in [-0.3, -0.25) is 9.48 Å². The minimum absolute atomic E-state index is 0.230. The normalized spacial score (nSPS) is 16.6. The summed E-state index contributed by atoms with van der Waals surface area (Å²) in [7, 11) is 0. The van der Waals surface area contributed by atoms with Crippen LogP contribution in [-0.4, -0.2) is 26.8 Å². The molecule has 3 rings (SSSR count). The van der Waals surface area contributed by atoms with Gasteiger partial charge < -0.3 is 10.4 Å². The molecule has 1 atom stereocenters. The van der Waals surface area contributed by atoms with Crippen molar-refractivity contribution < 1.29 is 14.7 Å². The van der Waals surface area contributed by atoms with E-state index in [0.717, 1.165) is 18.5 Å². The summed E-state index contributed by atoms with van der Waals surface area (Å²) in [6.07, 6.45) is 2.43. The third-order valence-corrected chi connectivity index (χ3v) is 5.09. The molecular formula is C21H27N3O3. The van der Waals surface area contributed by atoms with E-state index in [1.165, 1.54) is 0 Å². The first-order valence-corrected chi connectivity index (χ1v) is 9.41. The lowest BCUT2D eigenvalue weighted by atomic mass is 9.87. The van der Waals surface area contributed by atoms with Gasteiger partial charge in [0.15, 0.2) is 11.2 Å². The minimum Gasteiger partial charge on any atom is -0.479 e. The maximum atomic E-state index is 13.0. The largest absolute Gasteiger partial charge is 0.479 e. The second kappa shape index (κ2) is 6.83. The van der Waals surface area contributed by atoms with Gasteiger partial charge >= 0.3 is 5.97 Å². The Bertz CT molecular complexity index is 847. The van der Waals surface area contributed by atoms with E-state index >= 15 is 0 Å². The fraction of sp³-hybridized carbons (Fsp3) is 0.476. The Morgan fingerprint density at radius 3 is 2.33 bits per heavy atom. The average molecular weight is 369 g/mol. The molecule has 1 fully saturated rings. The molecule has 1 amide bonds. The van der Waals surface area contributed by atoms with E-state index < -0.39 is 17.4 Å². The van der Waals surface area contributed by atoms with Crippen LogP contribution in [0.3, 0.4) is 0 Å². The number of hydrogen-bond acceptors (Lipinski definition) is 3. The number of amides is 1. The highest BCUT2D eigenvalue weighted by atomic mass is 16.4. The Morgan fingerprint density at radius 1 is 1.22 bits per heavy atom. The molecule has 1 aliphatic rings. The van der Waals surface area contributed by atoms with Crippen LogP contribution in [0, 0.1) is 0 Å². The van der Waals surface area contributed by atoms with E-state index in [4.69, 9.17) is 0 Å². The van der Waals surface area contributed by atoms with Gasteiger partial charge in [-0.2, -0.15) is 5.10 Å². The maximum absolute atomic E-state index is 13.0. The molecule has 0 saturated heterocycles. The monoisotopic (exact) mass is 369 g/mol. The van der Waals surface area contributed by atoms with Crippen LogP contribution in [0.4, 0.5) is 0 Å². The molecule has 1 heterocycles. The van der Waals surface area contributed by atoms with Crippen molar-refractivity contribution in [3.05, 3.63) is 53.3 Å². The van der Waals surface area contributed by atoms with Gasteiger partial charge in [0.05, 0.1) is 5.54 Å². The quantitative estimate of drug-likeness (QED) is 0.814. The smallest absolute Gasteiger partial charge is 0.334 e. The molecular weight excluding hydrogens is 342 g/mol. The summed E-state index contributed by atoms with van der Waals surface area (Å²) in [5, 5.41) is 17.2. The van der Waals surface area contributed by atoms with Crippen LogP contribution < -0.4 is 5.32 Å². The van der Waals surface area contributed by atoms with Gasteiger partial charge in [-0.1, -0.05) is 37.3 Å². The Balaban J connectivity index is 1.97. The Kier molecular flexibility index (Phi) is 4.84. The molecule has 6 nitrogen and oxygen atoms in total. The number of carboxylic acids is 1. The van der Waals surface area contributed by atoms with E-state index in [-0.39, 0.29) is 17.7 Å². The molecule has 0 bridgehead atoms. The van der Waals surface area contributed by atoms with Crippen molar-refractivity contribution >= 4 is 11.9 Å². The average Bonchev–Trinajstić information content (AvgIpc) is 3.36. The number of carbonyl (C=O) groups is 2. The molecule has 6 heteroatoms. The SMILES string of the molecule is CCC(NC(=O)c1cc(C2CC2)n(C(C)(C)C)n1)(C(=O)O)c1ccccc1. The van der Waals surface area contributed by atoms with Crippen LogP contribution in [0.15, 0.2) is 36.4 Å². The van der Waals surface area contributed by atoms with Crippen LogP contribution in [0.1, 0.15) is 74.6 Å². The van der Waals surface area contributed by atoms with Crippen LogP contribution in [0.5, 0.6) is 0 Å². The highest BCUT2D eigenvalue weighted by molar-refractivity contribution is 5.97. The number of benzene rings is 1. The zero-order valence-corrected chi connectivity index (χ0v) is 16.3. The van der Waals surface area contributed by atoms with E-state index in [9.17, 15) is 14.7 Å². The third-order valence-electron chi connectivity index (χ3n) is 5.09. The van der Waals surface area contributed by atoms with Crippen molar-refractivity contribution in [3.63, 3.8) is 0 Å². The first-order valence-electron chi connectivity index (χ1n) is 9.41. The van der Waals surface area contributed by atoms with Crippen molar-refractivity contribution in [2.24, 2.45) is 0 Å². The lowest BCUT2D eigenvalue weighted by Crippen LogP contribution is -2.51. The third kappa shape index (κ3) is 3.61. The summed E-state index contributed by atoms with van der Waals surface area (Å²) in [6, 6.07) is 10.6. The van der Waals surface area contributed by atoms with Gasteiger partial charge in [0.2, 0.25) is 0 Å². The van der Waals surface area contributed by atoms with Crippen molar-refractivity contribution in [3.8, 4) is 0 Å². The summed E-state index contributed by atoms with van der Waals surface area (Å²) >= 11 is 0. The number of nitrogens with one attached hydrogen (secondary N) is 1. The lowest BCUT2D eigenvalue weighted by molar-refractivity contribution is -0.145. The molecule has 1 aromatic carbocycles. The second-order valence-electron chi connectivity index (χ2n) is 8.20. The molecule has 1 aromatic heterocycles. The van der Waals surface area contributed by atoms with E-state index in [1.54, 1.807) is 31.2 Å². The number of carboxylic acid groups (broad SMARTS) is 1. The predicted octanol–water partition coefficient (Wildman–Crippen LogP) is 3.64. The summed E-state index contributed by atoms with van der Waals surface area (Å²) < 4.78 is 1.90. The zero-order valence-electron chi connectivity index (χ0n) is 16.3. The van der Waals surface area contributed by atoms with Crippen molar-refractivity contribution in [2.75, 3.05) is 0 Å². The number of rotatable bonds is 6. The summed E-state index contributed by atoms with van der Waals surface area (Å²) in [5.41, 5.74) is 0.131. The van der Waals surface area contributed by atoms with Gasteiger partial charge in [0.25, 0.3) is 5.91 Å². The van der Waals surface area contributed by atoms with Crippen molar-refractivity contribution in [1.29, 1.82) is 0 Å². The number of hydrogen-bond donors (Lipinski definition) is 2. The van der Waals surface area contributed by atoms with Crippen molar-refractivity contribution in [2.45, 2.75) is 64.0 Å². The molecule has 0 aliphatic heterocycles. The number of aliphatic carboxylic acids is 1. The number of nitrogens with zero attached hydrogens (tertiary/aromatic N) is 2. The molecule has 2 N–H and O–H groups in total. The first-order chi connectivity index (χ1) is 12.7. The first kappa shape index (κ1) is 19.1. The molecule has 1 unspecified atom stereocenters. The van der Waals surface area contributed by atoms with E-state index in [0.29, 0.717) is 11.5 Å². The summed E-state index contributed by atoms with van der Waals surface area (Å²) in [5.74, 6) is -1.11. The number of carbonyl (C=O) groups excluding carboxylic acids is 1. The summed E-state index contributed by atoms with van der Waals surface area (Å²) in [4.78, 5) is 25.1. The molecule has 0 spiro atoms. The van der Waals surface area contributed by atoms with Gasteiger partial charge in [-0.25, -0.2) is 4.79 Å². The molecule has 144 valence electrons. The standard InChI is InChI=1S/C21H27N3O3/c1-5-21(19(26)27,15-9-7-6-8-10-15)22-18(25)16-13-17(14-11-12-14)24(23-16)20(2,3)4/h6-10,13-14H,5,11-12H2,1-4H3,(H,22,25)(H,26,27). The van der Waals surface area contributed by atoms with Crippen LogP contribution in [0.25, 0.3) is 0 Å². The van der Waals surface area contributed by atoms with Crippen LogP contribution in [-0.2, 0) is 15.9 Å². The number of aromatic nitrogens is 2. The fourth-order valence-corrected chi connectivity index (χ4v) is 3.39. The minimum atomic E-state index is -1.48. The molecule has 0 radical (unpaired) electrons. The van der Waals surface area contributed by atoms with E-state index in [1.807, 2.05) is 37.6 Å².